The van der Waals surface area contributed by atoms with Gasteiger partial charge in [0.1, 0.15) is 4.90 Å². The van der Waals surface area contributed by atoms with Crippen LogP contribution >= 0.6 is 0 Å². The maximum Gasteiger partial charge on any atom is 0.244 e. The lowest BCUT2D eigenvalue weighted by Gasteiger charge is -2.20. The predicted molar refractivity (Wildman–Crippen MR) is 79.3 cm³/mol. The molecular formula is C12H21N5O3S. The molecule has 3 N–H and O–H groups in total. The lowest BCUT2D eigenvalue weighted by molar-refractivity contribution is -0.121. The van der Waals surface area contributed by atoms with Gasteiger partial charge in [-0.05, 0) is 27.7 Å². The van der Waals surface area contributed by atoms with Gasteiger partial charge in [-0.25, -0.2) is 23.1 Å². The van der Waals surface area contributed by atoms with Crippen LogP contribution in [0.25, 0.3) is 0 Å². The van der Waals surface area contributed by atoms with Crippen molar-refractivity contribution in [2.75, 3.05) is 18.4 Å². The summed E-state index contributed by atoms with van der Waals surface area (Å²) < 4.78 is 26.2. The average Bonchev–Trinajstić information content (AvgIpc) is 2.36. The van der Waals surface area contributed by atoms with Crippen LogP contribution < -0.4 is 15.4 Å². The van der Waals surface area contributed by atoms with Crippen molar-refractivity contribution in [2.24, 2.45) is 0 Å². The largest absolute Gasteiger partial charge is 0.355 e. The van der Waals surface area contributed by atoms with Crippen molar-refractivity contribution in [3.63, 3.8) is 0 Å². The smallest absolute Gasteiger partial charge is 0.244 e. The highest BCUT2D eigenvalue weighted by atomic mass is 32.2. The Labute approximate surface area is 124 Å². The third-order valence-corrected chi connectivity index (χ3v) is 3.57. The van der Waals surface area contributed by atoms with Crippen molar-refractivity contribution in [1.29, 1.82) is 0 Å². The van der Waals surface area contributed by atoms with E-state index in [1.54, 1.807) is 0 Å². The van der Waals surface area contributed by atoms with E-state index in [1.807, 2.05) is 27.7 Å². The number of rotatable bonds is 6. The number of aromatic nitrogens is 2. The van der Waals surface area contributed by atoms with E-state index in [-0.39, 0.29) is 11.4 Å². The second kappa shape index (κ2) is 6.81. The Hall–Kier alpha value is -1.74. The monoisotopic (exact) mass is 315 g/mol. The summed E-state index contributed by atoms with van der Waals surface area (Å²) in [6.07, 6.45) is 2.38. The van der Waals surface area contributed by atoms with Gasteiger partial charge in [0, 0.05) is 12.1 Å². The zero-order valence-corrected chi connectivity index (χ0v) is 13.4. The SMILES string of the molecule is CCNc1ncc(S(=O)(=O)NCC(=O)NC(C)(C)C)cn1. The van der Waals surface area contributed by atoms with Crippen LogP contribution in [0.2, 0.25) is 0 Å². The summed E-state index contributed by atoms with van der Waals surface area (Å²) in [5.41, 5.74) is -0.418. The van der Waals surface area contributed by atoms with Crippen LogP contribution in [0.4, 0.5) is 5.95 Å². The molecule has 0 aliphatic carbocycles. The summed E-state index contributed by atoms with van der Waals surface area (Å²) in [6.45, 7) is 7.61. The Morgan fingerprint density at radius 3 is 2.29 bits per heavy atom. The quantitative estimate of drug-likeness (QED) is 0.686. The summed E-state index contributed by atoms with van der Waals surface area (Å²) in [5.74, 6) is -0.0572. The minimum absolute atomic E-state index is 0.0901. The lowest BCUT2D eigenvalue weighted by atomic mass is 10.1. The van der Waals surface area contributed by atoms with Gasteiger partial charge in [-0.15, -0.1) is 0 Å². The molecule has 1 aromatic heterocycles. The van der Waals surface area contributed by atoms with Crippen LogP contribution in [0.3, 0.4) is 0 Å². The summed E-state index contributed by atoms with van der Waals surface area (Å²) in [5, 5.41) is 5.52. The predicted octanol–water partition coefficient (Wildman–Crippen LogP) is 0.101. The van der Waals surface area contributed by atoms with Crippen molar-refractivity contribution in [2.45, 2.75) is 38.1 Å². The molecule has 0 aliphatic heterocycles. The molecule has 0 atom stereocenters. The molecule has 1 amide bonds. The van der Waals surface area contributed by atoms with E-state index in [9.17, 15) is 13.2 Å². The van der Waals surface area contributed by atoms with Gasteiger partial charge in [-0.1, -0.05) is 0 Å². The number of sulfonamides is 1. The molecule has 0 saturated carbocycles. The zero-order valence-electron chi connectivity index (χ0n) is 12.6. The van der Waals surface area contributed by atoms with E-state index in [0.29, 0.717) is 12.5 Å². The van der Waals surface area contributed by atoms with Gasteiger partial charge in [0.05, 0.1) is 18.9 Å². The lowest BCUT2D eigenvalue weighted by Crippen LogP contribution is -2.45. The molecule has 118 valence electrons. The van der Waals surface area contributed by atoms with Gasteiger partial charge < -0.3 is 10.6 Å². The van der Waals surface area contributed by atoms with Crippen LogP contribution in [0.5, 0.6) is 0 Å². The Kier molecular flexibility index (Phi) is 5.62. The van der Waals surface area contributed by atoms with Crippen molar-refractivity contribution in [3.05, 3.63) is 12.4 Å². The fourth-order valence-corrected chi connectivity index (χ4v) is 2.28. The van der Waals surface area contributed by atoms with Crippen molar-refractivity contribution in [3.8, 4) is 0 Å². The van der Waals surface area contributed by atoms with E-state index in [0.717, 1.165) is 0 Å². The fourth-order valence-electron chi connectivity index (χ4n) is 1.41. The number of carbonyl (C=O) groups is 1. The van der Waals surface area contributed by atoms with Crippen LogP contribution in [-0.2, 0) is 14.8 Å². The number of hydrogen-bond donors (Lipinski definition) is 3. The Morgan fingerprint density at radius 1 is 1.24 bits per heavy atom. The van der Waals surface area contributed by atoms with E-state index in [2.05, 4.69) is 25.3 Å². The maximum absolute atomic E-state index is 12.0. The number of hydrogen-bond acceptors (Lipinski definition) is 6. The van der Waals surface area contributed by atoms with Gasteiger partial charge >= 0.3 is 0 Å². The fraction of sp³-hybridized carbons (Fsp3) is 0.583. The van der Waals surface area contributed by atoms with E-state index in [4.69, 9.17) is 0 Å². The molecule has 0 aromatic carbocycles. The van der Waals surface area contributed by atoms with Gasteiger partial charge in [0.2, 0.25) is 21.9 Å². The standard InChI is InChI=1S/C12H21N5O3S/c1-5-13-11-14-6-9(7-15-11)21(19,20)16-8-10(18)17-12(2,3)4/h6-7,16H,5,8H2,1-4H3,(H,17,18)(H,13,14,15). The Bertz CT molecular complexity index is 578. The van der Waals surface area contributed by atoms with E-state index >= 15 is 0 Å². The second-order valence-electron chi connectivity index (χ2n) is 5.40. The highest BCUT2D eigenvalue weighted by Gasteiger charge is 2.19. The van der Waals surface area contributed by atoms with Crippen molar-refractivity contribution >= 4 is 21.9 Å². The van der Waals surface area contributed by atoms with Crippen molar-refractivity contribution in [1.82, 2.24) is 20.0 Å². The topological polar surface area (TPSA) is 113 Å². The molecule has 0 fully saturated rings. The number of anilines is 1. The Balaban J connectivity index is 2.67. The molecule has 0 bridgehead atoms. The molecule has 1 aromatic rings. The molecule has 1 rings (SSSR count). The third kappa shape index (κ3) is 6.05. The minimum atomic E-state index is -3.81. The van der Waals surface area contributed by atoms with E-state index in [1.165, 1.54) is 12.4 Å². The highest BCUT2D eigenvalue weighted by Crippen LogP contribution is 2.07. The minimum Gasteiger partial charge on any atom is -0.355 e. The van der Waals surface area contributed by atoms with Gasteiger partial charge in [0.15, 0.2) is 0 Å². The highest BCUT2D eigenvalue weighted by molar-refractivity contribution is 7.89. The van der Waals surface area contributed by atoms with Crippen molar-refractivity contribution < 1.29 is 13.2 Å². The first kappa shape index (κ1) is 17.3. The summed E-state index contributed by atoms with van der Waals surface area (Å²) in [6, 6.07) is 0. The summed E-state index contributed by atoms with van der Waals surface area (Å²) in [7, 11) is -3.81. The third-order valence-electron chi connectivity index (χ3n) is 2.21. The molecule has 9 heteroatoms. The van der Waals surface area contributed by atoms with Gasteiger partial charge in [-0.3, -0.25) is 4.79 Å². The van der Waals surface area contributed by atoms with Crippen LogP contribution in [0, 0.1) is 0 Å². The first-order valence-electron chi connectivity index (χ1n) is 6.50. The number of nitrogens with zero attached hydrogens (tertiary/aromatic N) is 2. The van der Waals surface area contributed by atoms with Crippen LogP contribution in [-0.4, -0.2) is 42.9 Å². The molecule has 8 nitrogen and oxygen atoms in total. The number of nitrogens with one attached hydrogen (secondary N) is 3. The molecule has 0 aliphatic rings. The first-order valence-corrected chi connectivity index (χ1v) is 7.99. The second-order valence-corrected chi connectivity index (χ2v) is 7.16. The zero-order chi connectivity index (χ0) is 16.1. The van der Waals surface area contributed by atoms with E-state index < -0.39 is 21.5 Å². The summed E-state index contributed by atoms with van der Waals surface area (Å²) >= 11 is 0. The first-order chi connectivity index (χ1) is 9.64. The Morgan fingerprint density at radius 2 is 1.81 bits per heavy atom. The molecule has 0 radical (unpaired) electrons. The van der Waals surface area contributed by atoms with Gasteiger partial charge in [0.25, 0.3) is 0 Å². The maximum atomic E-state index is 12.0. The number of amides is 1. The molecule has 21 heavy (non-hydrogen) atoms. The van der Waals surface area contributed by atoms with Crippen LogP contribution in [0.1, 0.15) is 27.7 Å². The molecule has 1 heterocycles. The average molecular weight is 315 g/mol. The van der Waals surface area contributed by atoms with Crippen LogP contribution in [0.15, 0.2) is 17.3 Å². The summed E-state index contributed by atoms with van der Waals surface area (Å²) in [4.78, 5) is 19.3. The number of carbonyl (C=O) groups excluding carboxylic acids is 1. The molecule has 0 saturated heterocycles. The normalized spacial score (nSPS) is 12.0. The van der Waals surface area contributed by atoms with Gasteiger partial charge in [-0.2, -0.15) is 0 Å². The molecule has 0 unspecified atom stereocenters. The molecular weight excluding hydrogens is 294 g/mol. The molecule has 0 spiro atoms.